The molecule has 0 bridgehead atoms. The van der Waals surface area contributed by atoms with E-state index in [9.17, 15) is 4.79 Å². The number of ether oxygens (including phenoxy) is 2. The van der Waals surface area contributed by atoms with Gasteiger partial charge in [-0.25, -0.2) is 4.79 Å². The first-order valence-corrected chi connectivity index (χ1v) is 4.44. The van der Waals surface area contributed by atoms with Crippen LogP contribution in [-0.2, 0) is 14.3 Å². The highest BCUT2D eigenvalue weighted by molar-refractivity contribution is 5.81. The Morgan fingerprint density at radius 3 is 3.23 bits per heavy atom. The lowest BCUT2D eigenvalue weighted by atomic mass is 10.2. The number of carbonyl (C=O) groups is 1. The summed E-state index contributed by atoms with van der Waals surface area (Å²) in [5, 5.41) is 3.20. The molecule has 0 spiro atoms. The van der Waals surface area contributed by atoms with Crippen LogP contribution in [0.15, 0.2) is 12.7 Å². The molecule has 0 saturated carbocycles. The van der Waals surface area contributed by atoms with Crippen molar-refractivity contribution in [2.75, 3.05) is 26.3 Å². The van der Waals surface area contributed by atoms with Gasteiger partial charge in [0.2, 0.25) is 0 Å². The average molecular weight is 185 g/mol. The van der Waals surface area contributed by atoms with E-state index in [1.165, 1.54) is 6.08 Å². The first kappa shape index (κ1) is 10.2. The fourth-order valence-corrected chi connectivity index (χ4v) is 1.16. The van der Waals surface area contributed by atoms with Crippen LogP contribution >= 0.6 is 0 Å². The molecule has 0 amide bonds. The first-order chi connectivity index (χ1) is 6.33. The van der Waals surface area contributed by atoms with Gasteiger partial charge in [-0.3, -0.25) is 0 Å². The van der Waals surface area contributed by atoms with Gasteiger partial charge in [0, 0.05) is 25.6 Å². The Hall–Kier alpha value is -0.870. The van der Waals surface area contributed by atoms with Crippen LogP contribution in [0.5, 0.6) is 0 Å². The van der Waals surface area contributed by atoms with Crippen molar-refractivity contribution in [3.8, 4) is 0 Å². The van der Waals surface area contributed by atoms with E-state index < -0.39 is 0 Å². The third-order valence-electron chi connectivity index (χ3n) is 1.86. The molecule has 1 fully saturated rings. The smallest absolute Gasteiger partial charge is 0.330 e. The summed E-state index contributed by atoms with van der Waals surface area (Å²) in [4.78, 5) is 10.7. The Labute approximate surface area is 77.9 Å². The van der Waals surface area contributed by atoms with Crippen molar-refractivity contribution in [3.63, 3.8) is 0 Å². The number of rotatable bonds is 4. The predicted octanol–water partition coefficient (Wildman–Crippen LogP) is 0.0941. The molecule has 0 aromatic heterocycles. The molecule has 4 heteroatoms. The van der Waals surface area contributed by atoms with Gasteiger partial charge in [0.05, 0.1) is 19.3 Å². The number of morpholine rings is 1. The summed E-state index contributed by atoms with van der Waals surface area (Å²) in [6, 6.07) is 0. The molecule has 0 aromatic carbocycles. The SMILES string of the molecule is C=CC(=O)OCCC1CNCCO1. The van der Waals surface area contributed by atoms with E-state index in [1.54, 1.807) is 0 Å². The molecule has 1 atom stereocenters. The van der Waals surface area contributed by atoms with Crippen molar-refractivity contribution in [1.29, 1.82) is 0 Å². The molecule has 74 valence electrons. The molecule has 0 aliphatic carbocycles. The highest BCUT2D eigenvalue weighted by atomic mass is 16.5. The lowest BCUT2D eigenvalue weighted by Gasteiger charge is -2.23. The zero-order valence-corrected chi connectivity index (χ0v) is 7.62. The van der Waals surface area contributed by atoms with Crippen molar-refractivity contribution in [1.82, 2.24) is 5.32 Å². The van der Waals surface area contributed by atoms with Gasteiger partial charge in [0.15, 0.2) is 0 Å². The Morgan fingerprint density at radius 2 is 2.62 bits per heavy atom. The quantitative estimate of drug-likeness (QED) is 0.498. The van der Waals surface area contributed by atoms with Gasteiger partial charge in [-0.1, -0.05) is 6.58 Å². The van der Waals surface area contributed by atoms with Crippen molar-refractivity contribution >= 4 is 5.97 Å². The van der Waals surface area contributed by atoms with E-state index in [2.05, 4.69) is 11.9 Å². The number of esters is 1. The largest absolute Gasteiger partial charge is 0.462 e. The van der Waals surface area contributed by atoms with Crippen LogP contribution in [0.2, 0.25) is 0 Å². The number of carbonyl (C=O) groups excluding carboxylic acids is 1. The Kier molecular flexibility index (Phi) is 4.49. The summed E-state index contributed by atoms with van der Waals surface area (Å²) in [5.74, 6) is -0.372. The second-order valence-electron chi connectivity index (χ2n) is 2.86. The van der Waals surface area contributed by atoms with E-state index in [1.807, 2.05) is 0 Å². The fraction of sp³-hybridized carbons (Fsp3) is 0.667. The summed E-state index contributed by atoms with van der Waals surface area (Å²) in [7, 11) is 0. The Morgan fingerprint density at radius 1 is 1.77 bits per heavy atom. The zero-order chi connectivity index (χ0) is 9.52. The van der Waals surface area contributed by atoms with Gasteiger partial charge in [0.1, 0.15) is 0 Å². The van der Waals surface area contributed by atoms with E-state index >= 15 is 0 Å². The molecule has 0 radical (unpaired) electrons. The zero-order valence-electron chi connectivity index (χ0n) is 7.62. The molecular formula is C9H15NO3. The number of nitrogens with one attached hydrogen (secondary N) is 1. The standard InChI is InChI=1S/C9H15NO3/c1-2-9(11)13-5-3-8-7-10-4-6-12-8/h2,8,10H,1,3-7H2. The minimum absolute atomic E-state index is 0.173. The molecule has 1 rings (SSSR count). The minimum Gasteiger partial charge on any atom is -0.462 e. The molecule has 1 N–H and O–H groups in total. The van der Waals surface area contributed by atoms with Crippen molar-refractivity contribution in [3.05, 3.63) is 12.7 Å². The van der Waals surface area contributed by atoms with Crippen molar-refractivity contribution in [2.45, 2.75) is 12.5 Å². The lowest BCUT2D eigenvalue weighted by Crippen LogP contribution is -2.39. The van der Waals surface area contributed by atoms with Gasteiger partial charge in [0.25, 0.3) is 0 Å². The monoisotopic (exact) mass is 185 g/mol. The molecule has 1 aliphatic rings. The highest BCUT2D eigenvalue weighted by Gasteiger charge is 2.13. The summed E-state index contributed by atoms with van der Waals surface area (Å²) >= 11 is 0. The molecule has 13 heavy (non-hydrogen) atoms. The molecule has 0 aromatic rings. The van der Waals surface area contributed by atoms with Crippen LogP contribution in [0.1, 0.15) is 6.42 Å². The summed E-state index contributed by atoms with van der Waals surface area (Å²) in [6.07, 6.45) is 2.08. The van der Waals surface area contributed by atoms with E-state index in [0.29, 0.717) is 6.61 Å². The average Bonchev–Trinajstić information content (AvgIpc) is 2.19. The summed E-state index contributed by atoms with van der Waals surface area (Å²) in [5.41, 5.74) is 0. The molecule has 1 aliphatic heterocycles. The molecule has 4 nitrogen and oxygen atoms in total. The van der Waals surface area contributed by atoms with Gasteiger partial charge in [-0.2, -0.15) is 0 Å². The highest BCUT2D eigenvalue weighted by Crippen LogP contribution is 2.01. The van der Waals surface area contributed by atoms with Crippen LogP contribution in [0.4, 0.5) is 0 Å². The second kappa shape index (κ2) is 5.72. The number of hydrogen-bond donors (Lipinski definition) is 1. The van der Waals surface area contributed by atoms with Gasteiger partial charge < -0.3 is 14.8 Å². The van der Waals surface area contributed by atoms with Crippen molar-refractivity contribution in [2.24, 2.45) is 0 Å². The van der Waals surface area contributed by atoms with Crippen molar-refractivity contribution < 1.29 is 14.3 Å². The van der Waals surface area contributed by atoms with Crippen LogP contribution in [0, 0.1) is 0 Å². The van der Waals surface area contributed by atoms with E-state index in [-0.39, 0.29) is 12.1 Å². The van der Waals surface area contributed by atoms with E-state index in [0.717, 1.165) is 26.1 Å². The topological polar surface area (TPSA) is 47.6 Å². The second-order valence-corrected chi connectivity index (χ2v) is 2.86. The molecule has 1 unspecified atom stereocenters. The van der Waals surface area contributed by atoms with Gasteiger partial charge >= 0.3 is 5.97 Å². The molecular weight excluding hydrogens is 170 g/mol. The summed E-state index contributed by atoms with van der Waals surface area (Å²) < 4.78 is 10.2. The number of hydrogen-bond acceptors (Lipinski definition) is 4. The Bertz CT molecular complexity index is 176. The molecule has 1 heterocycles. The normalized spacial score (nSPS) is 22.3. The minimum atomic E-state index is -0.372. The molecule has 1 saturated heterocycles. The summed E-state index contributed by atoms with van der Waals surface area (Å²) in [6.45, 7) is 6.19. The van der Waals surface area contributed by atoms with Crippen LogP contribution < -0.4 is 5.32 Å². The van der Waals surface area contributed by atoms with Crippen LogP contribution in [0.3, 0.4) is 0 Å². The maximum absolute atomic E-state index is 10.7. The van der Waals surface area contributed by atoms with Crippen LogP contribution in [-0.4, -0.2) is 38.4 Å². The Balaban J connectivity index is 2.04. The maximum atomic E-state index is 10.7. The predicted molar refractivity (Wildman–Crippen MR) is 48.4 cm³/mol. The van der Waals surface area contributed by atoms with Gasteiger partial charge in [-0.05, 0) is 0 Å². The van der Waals surface area contributed by atoms with E-state index in [4.69, 9.17) is 9.47 Å². The fourth-order valence-electron chi connectivity index (χ4n) is 1.16. The van der Waals surface area contributed by atoms with Gasteiger partial charge in [-0.15, -0.1) is 0 Å². The lowest BCUT2D eigenvalue weighted by molar-refractivity contribution is -0.138. The third-order valence-corrected chi connectivity index (χ3v) is 1.86. The first-order valence-electron chi connectivity index (χ1n) is 4.44. The maximum Gasteiger partial charge on any atom is 0.330 e. The third kappa shape index (κ3) is 4.05. The van der Waals surface area contributed by atoms with Crippen LogP contribution in [0.25, 0.3) is 0 Å².